The summed E-state index contributed by atoms with van der Waals surface area (Å²) in [6, 6.07) is 19.1. The molecule has 0 saturated carbocycles. The number of benzene rings is 2. The maximum atomic E-state index is 6.13. The summed E-state index contributed by atoms with van der Waals surface area (Å²) in [5.74, 6) is 0.399. The average Bonchev–Trinajstić information content (AvgIpc) is 3.14. The minimum Gasteiger partial charge on any atom is -0.303 e. The highest BCUT2D eigenvalue weighted by Crippen LogP contribution is 2.30. The van der Waals surface area contributed by atoms with Crippen molar-refractivity contribution in [3.05, 3.63) is 107 Å². The molecule has 1 aliphatic carbocycles. The minimum atomic E-state index is 0.399. The predicted molar refractivity (Wildman–Crippen MR) is 154 cm³/mol. The smallest absolute Gasteiger partial charge is 0.0930 e. The second-order valence-corrected chi connectivity index (χ2v) is 10.2. The normalized spacial score (nSPS) is 14.2. The maximum absolute atomic E-state index is 6.13. The molecule has 4 heteroatoms. The van der Waals surface area contributed by atoms with Crippen LogP contribution in [0.2, 0.25) is 5.02 Å². The van der Waals surface area contributed by atoms with E-state index in [2.05, 4.69) is 91.1 Å². The Labute approximate surface area is 221 Å². The maximum Gasteiger partial charge on any atom is 0.0930 e. The summed E-state index contributed by atoms with van der Waals surface area (Å²) in [7, 11) is 0. The van der Waals surface area contributed by atoms with Crippen molar-refractivity contribution in [3.8, 4) is 11.3 Å². The van der Waals surface area contributed by atoms with Crippen molar-refractivity contribution in [1.82, 2.24) is 14.7 Å². The van der Waals surface area contributed by atoms with Crippen molar-refractivity contribution in [2.24, 2.45) is 0 Å². The Morgan fingerprint density at radius 1 is 1.06 bits per heavy atom. The van der Waals surface area contributed by atoms with Crippen molar-refractivity contribution in [1.29, 1.82) is 0 Å². The van der Waals surface area contributed by atoms with Gasteiger partial charge in [0.25, 0.3) is 0 Å². The van der Waals surface area contributed by atoms with Gasteiger partial charge >= 0.3 is 0 Å². The molecule has 2 aromatic carbocycles. The molecule has 0 amide bonds. The molecule has 0 N–H and O–H groups in total. The number of nitrogens with zero attached hydrogens (tertiary/aromatic N) is 3. The second-order valence-electron chi connectivity index (χ2n) is 9.75. The van der Waals surface area contributed by atoms with Crippen LogP contribution in [-0.4, -0.2) is 34.3 Å². The summed E-state index contributed by atoms with van der Waals surface area (Å²) in [5.41, 5.74) is 7.22. The quantitative estimate of drug-likeness (QED) is 0.264. The van der Waals surface area contributed by atoms with Crippen molar-refractivity contribution >= 4 is 17.3 Å². The zero-order chi connectivity index (χ0) is 25.3. The van der Waals surface area contributed by atoms with E-state index in [1.807, 2.05) is 24.3 Å². The summed E-state index contributed by atoms with van der Waals surface area (Å²) in [5, 5.41) is 5.78. The molecule has 188 valence electrons. The molecule has 3 aromatic rings. The first-order chi connectivity index (χ1) is 17.5. The van der Waals surface area contributed by atoms with Crippen LogP contribution >= 0.6 is 11.6 Å². The van der Waals surface area contributed by atoms with E-state index in [0.717, 1.165) is 60.9 Å². The van der Waals surface area contributed by atoms with Crippen molar-refractivity contribution in [2.75, 3.05) is 19.6 Å². The fraction of sp³-hybridized carbons (Fsp3) is 0.344. The summed E-state index contributed by atoms with van der Waals surface area (Å²) in [6.45, 7) is 10.1. The van der Waals surface area contributed by atoms with E-state index in [1.54, 1.807) is 0 Å². The van der Waals surface area contributed by atoms with E-state index in [4.69, 9.17) is 16.7 Å². The molecule has 0 radical (unpaired) electrons. The standard InChI is InChI=1S/C32H38ClN3/c1-4-35(22-20-27-13-9-11-25(2)23-27)21-10-12-26(3)32-24-31(28-16-18-29(33)19-17-28)34-36(32)30-14-7-5-6-8-15-30/h5,7-9,11,13-19,23-24,26H,4,6,10,12,20-22H2,1-3H3. The van der Waals surface area contributed by atoms with Crippen LogP contribution in [-0.2, 0) is 6.42 Å². The van der Waals surface area contributed by atoms with E-state index in [9.17, 15) is 0 Å². The molecule has 0 saturated heterocycles. The number of likely N-dealkylation sites (N-methyl/N-ethyl adjacent to an activating group) is 1. The Morgan fingerprint density at radius 3 is 2.67 bits per heavy atom. The number of allylic oxidation sites excluding steroid dienone is 6. The van der Waals surface area contributed by atoms with Crippen molar-refractivity contribution < 1.29 is 0 Å². The van der Waals surface area contributed by atoms with E-state index in [-0.39, 0.29) is 0 Å². The largest absolute Gasteiger partial charge is 0.303 e. The second kappa shape index (κ2) is 12.9. The van der Waals surface area contributed by atoms with Crippen LogP contribution in [0.4, 0.5) is 0 Å². The number of rotatable bonds is 11. The van der Waals surface area contributed by atoms with Crippen LogP contribution in [0.5, 0.6) is 0 Å². The SMILES string of the molecule is CCN(CCCC(C)c1cc(-c2ccc(Cl)cc2)nn1C1=CC=CCC=C1)CCc1cccc(C)c1. The molecular formula is C32H38ClN3. The Kier molecular flexibility index (Phi) is 9.38. The Bertz CT molecular complexity index is 1220. The molecule has 0 fully saturated rings. The fourth-order valence-electron chi connectivity index (χ4n) is 4.78. The molecule has 4 rings (SSSR count). The highest BCUT2D eigenvalue weighted by Gasteiger charge is 2.18. The van der Waals surface area contributed by atoms with E-state index >= 15 is 0 Å². The van der Waals surface area contributed by atoms with Gasteiger partial charge in [0.05, 0.1) is 11.4 Å². The van der Waals surface area contributed by atoms with E-state index in [1.165, 1.54) is 23.2 Å². The first-order valence-electron chi connectivity index (χ1n) is 13.2. The third-order valence-corrected chi connectivity index (χ3v) is 7.20. The first-order valence-corrected chi connectivity index (χ1v) is 13.6. The van der Waals surface area contributed by atoms with Crippen LogP contribution in [0.15, 0.2) is 85.0 Å². The highest BCUT2D eigenvalue weighted by atomic mass is 35.5. The van der Waals surface area contributed by atoms with Gasteiger partial charge in [0, 0.05) is 22.8 Å². The molecule has 3 nitrogen and oxygen atoms in total. The van der Waals surface area contributed by atoms with Crippen molar-refractivity contribution in [2.45, 2.75) is 52.4 Å². The van der Waals surface area contributed by atoms with Gasteiger partial charge in [-0.3, -0.25) is 0 Å². The molecule has 1 atom stereocenters. The van der Waals surface area contributed by atoms with Crippen molar-refractivity contribution in [3.63, 3.8) is 0 Å². The van der Waals surface area contributed by atoms with Gasteiger partial charge in [-0.1, -0.05) is 85.6 Å². The summed E-state index contributed by atoms with van der Waals surface area (Å²) in [4.78, 5) is 2.58. The molecule has 1 unspecified atom stereocenters. The van der Waals surface area contributed by atoms with Crippen LogP contribution in [0, 0.1) is 6.92 Å². The van der Waals surface area contributed by atoms with Gasteiger partial charge in [-0.15, -0.1) is 0 Å². The minimum absolute atomic E-state index is 0.399. The Balaban J connectivity index is 1.44. The number of aryl methyl sites for hydroxylation is 1. The third-order valence-electron chi connectivity index (χ3n) is 6.95. The molecule has 0 aliphatic heterocycles. The van der Waals surface area contributed by atoms with Gasteiger partial charge in [0.1, 0.15) is 0 Å². The Morgan fingerprint density at radius 2 is 1.89 bits per heavy atom. The predicted octanol–water partition coefficient (Wildman–Crippen LogP) is 8.32. The summed E-state index contributed by atoms with van der Waals surface area (Å²) in [6.07, 6.45) is 15.2. The average molecular weight is 500 g/mol. The summed E-state index contributed by atoms with van der Waals surface area (Å²) < 4.78 is 2.14. The van der Waals surface area contributed by atoms with Crippen LogP contribution in [0.3, 0.4) is 0 Å². The van der Waals surface area contributed by atoms with Crippen LogP contribution < -0.4 is 0 Å². The topological polar surface area (TPSA) is 21.1 Å². The molecule has 0 bridgehead atoms. The lowest BCUT2D eigenvalue weighted by Crippen LogP contribution is -2.27. The van der Waals surface area contributed by atoms with Gasteiger partial charge in [0.2, 0.25) is 0 Å². The molecule has 1 aliphatic rings. The highest BCUT2D eigenvalue weighted by molar-refractivity contribution is 6.30. The molecule has 1 heterocycles. The summed E-state index contributed by atoms with van der Waals surface area (Å²) >= 11 is 6.13. The number of halogens is 1. The zero-order valence-electron chi connectivity index (χ0n) is 21.8. The monoisotopic (exact) mass is 499 g/mol. The lowest BCUT2D eigenvalue weighted by atomic mass is 10.00. The fourth-order valence-corrected chi connectivity index (χ4v) is 4.90. The van der Waals surface area contributed by atoms with Crippen LogP contribution in [0.1, 0.15) is 55.8 Å². The number of aromatic nitrogens is 2. The number of hydrogen-bond donors (Lipinski definition) is 0. The van der Waals surface area contributed by atoms with Gasteiger partial charge in [-0.05, 0) is 87.5 Å². The van der Waals surface area contributed by atoms with Gasteiger partial charge < -0.3 is 4.90 Å². The Hall–Kier alpha value is -2.88. The zero-order valence-corrected chi connectivity index (χ0v) is 22.6. The molecule has 1 aromatic heterocycles. The lowest BCUT2D eigenvalue weighted by Gasteiger charge is -2.22. The number of hydrogen-bond acceptors (Lipinski definition) is 2. The van der Waals surface area contributed by atoms with Gasteiger partial charge in [-0.25, -0.2) is 4.68 Å². The van der Waals surface area contributed by atoms with Gasteiger partial charge in [0.15, 0.2) is 0 Å². The van der Waals surface area contributed by atoms with Crippen LogP contribution in [0.25, 0.3) is 17.0 Å². The third kappa shape index (κ3) is 7.09. The molecule has 36 heavy (non-hydrogen) atoms. The van der Waals surface area contributed by atoms with Gasteiger partial charge in [-0.2, -0.15) is 5.10 Å². The molecule has 0 spiro atoms. The lowest BCUT2D eigenvalue weighted by molar-refractivity contribution is 0.282. The van der Waals surface area contributed by atoms with E-state index < -0.39 is 0 Å². The first kappa shape index (κ1) is 26.2. The van der Waals surface area contributed by atoms with E-state index in [0.29, 0.717) is 5.92 Å². The molecular weight excluding hydrogens is 462 g/mol.